The van der Waals surface area contributed by atoms with Gasteiger partial charge >= 0.3 is 0 Å². The molecule has 172 valence electrons. The molecule has 1 aliphatic rings. The summed E-state index contributed by atoms with van der Waals surface area (Å²) in [5, 5.41) is 7.93. The van der Waals surface area contributed by atoms with Crippen molar-refractivity contribution in [3.05, 3.63) is 60.3 Å². The number of hydrogen-bond donors (Lipinski definition) is 1. The highest BCUT2D eigenvalue weighted by molar-refractivity contribution is 5.63. The number of nitrogens with zero attached hydrogens (tertiary/aromatic N) is 5. The lowest BCUT2D eigenvalue weighted by Gasteiger charge is -2.21. The quantitative estimate of drug-likeness (QED) is 0.421. The van der Waals surface area contributed by atoms with E-state index < -0.39 is 6.17 Å². The van der Waals surface area contributed by atoms with Crippen molar-refractivity contribution < 1.29 is 9.13 Å². The van der Waals surface area contributed by atoms with Crippen molar-refractivity contribution in [2.45, 2.75) is 57.5 Å². The van der Waals surface area contributed by atoms with Gasteiger partial charge in [-0.25, -0.2) is 13.9 Å². The van der Waals surface area contributed by atoms with Crippen LogP contribution in [-0.4, -0.2) is 37.4 Å². The molecule has 0 bridgehead atoms. The van der Waals surface area contributed by atoms with Crippen molar-refractivity contribution in [1.29, 1.82) is 0 Å². The zero-order chi connectivity index (χ0) is 22.8. The van der Waals surface area contributed by atoms with E-state index in [0.29, 0.717) is 24.7 Å². The molecule has 3 aromatic heterocycles. The van der Waals surface area contributed by atoms with Crippen molar-refractivity contribution in [1.82, 2.24) is 24.1 Å². The highest BCUT2D eigenvalue weighted by Crippen LogP contribution is 2.34. The molecule has 3 heterocycles. The highest BCUT2D eigenvalue weighted by atomic mass is 19.1. The number of alkyl halides is 1. The topological polar surface area (TPSA) is 69.3 Å². The van der Waals surface area contributed by atoms with Crippen LogP contribution in [0.3, 0.4) is 0 Å². The Labute approximate surface area is 192 Å². The zero-order valence-corrected chi connectivity index (χ0v) is 19.0. The van der Waals surface area contributed by atoms with Gasteiger partial charge in [-0.05, 0) is 56.7 Å². The lowest BCUT2D eigenvalue weighted by molar-refractivity contribution is 0.258. The first-order valence-corrected chi connectivity index (χ1v) is 11.6. The van der Waals surface area contributed by atoms with E-state index in [2.05, 4.69) is 21.5 Å². The number of nitrogens with one attached hydrogen (secondary N) is 1. The Kier molecular flexibility index (Phi) is 5.98. The van der Waals surface area contributed by atoms with Crippen LogP contribution in [0.4, 0.5) is 16.0 Å². The monoisotopic (exact) mass is 448 g/mol. The number of methoxy groups -OCH3 is 1. The number of benzene rings is 1. The molecule has 1 N–H and O–H groups in total. The van der Waals surface area contributed by atoms with Gasteiger partial charge in [0.05, 0.1) is 24.8 Å². The number of rotatable bonds is 5. The van der Waals surface area contributed by atoms with E-state index in [1.165, 1.54) is 0 Å². The summed E-state index contributed by atoms with van der Waals surface area (Å²) in [7, 11) is 1.65. The fourth-order valence-electron chi connectivity index (χ4n) is 4.69. The van der Waals surface area contributed by atoms with E-state index in [4.69, 9.17) is 9.72 Å². The van der Waals surface area contributed by atoms with Crippen molar-refractivity contribution in [2.24, 2.45) is 0 Å². The summed E-state index contributed by atoms with van der Waals surface area (Å²) in [6, 6.07) is 9.98. The Bertz CT molecular complexity index is 1250. The molecule has 0 spiro atoms. The Morgan fingerprint density at radius 2 is 2.00 bits per heavy atom. The number of fused-ring (bicyclic) bond motifs is 1. The maximum Gasteiger partial charge on any atom is 0.247 e. The van der Waals surface area contributed by atoms with Crippen molar-refractivity contribution in [3.63, 3.8) is 0 Å². The molecule has 7 nitrogen and oxygen atoms in total. The largest absolute Gasteiger partial charge is 0.494 e. The minimum Gasteiger partial charge on any atom is -0.494 e. The number of ether oxygens (including phenoxy) is 1. The molecule has 4 aromatic rings. The molecule has 1 aromatic carbocycles. The molecule has 1 saturated carbocycles. The second-order valence-corrected chi connectivity index (χ2v) is 8.76. The van der Waals surface area contributed by atoms with Gasteiger partial charge in [0.15, 0.2) is 5.65 Å². The maximum atomic E-state index is 14.0. The van der Waals surface area contributed by atoms with Gasteiger partial charge in [-0.2, -0.15) is 4.98 Å². The molecule has 0 radical (unpaired) electrons. The van der Waals surface area contributed by atoms with Gasteiger partial charge in [-0.15, -0.1) is 5.10 Å². The highest BCUT2D eigenvalue weighted by Gasteiger charge is 2.21. The molecule has 33 heavy (non-hydrogen) atoms. The molecule has 2 unspecified atom stereocenters. The Morgan fingerprint density at radius 3 is 2.82 bits per heavy atom. The fourth-order valence-corrected chi connectivity index (χ4v) is 4.69. The first-order chi connectivity index (χ1) is 16.1. The number of aryl methyl sites for hydroxylation is 1. The second-order valence-electron chi connectivity index (χ2n) is 8.76. The first kappa shape index (κ1) is 21.4. The van der Waals surface area contributed by atoms with Crippen molar-refractivity contribution in [3.8, 4) is 11.4 Å². The lowest BCUT2D eigenvalue weighted by atomic mass is 9.86. The smallest absolute Gasteiger partial charge is 0.247 e. The number of halogens is 1. The van der Waals surface area contributed by atoms with Crippen LogP contribution < -0.4 is 10.1 Å². The molecule has 2 atom stereocenters. The summed E-state index contributed by atoms with van der Waals surface area (Å²) in [6.45, 7) is 1.95. The van der Waals surface area contributed by atoms with Crippen LogP contribution in [-0.2, 0) is 0 Å². The second kappa shape index (κ2) is 9.21. The van der Waals surface area contributed by atoms with Gasteiger partial charge in [-0.3, -0.25) is 0 Å². The van der Waals surface area contributed by atoms with Gasteiger partial charge in [0.1, 0.15) is 11.9 Å². The van der Waals surface area contributed by atoms with Crippen LogP contribution in [0.1, 0.15) is 55.7 Å². The van der Waals surface area contributed by atoms with Crippen LogP contribution in [0, 0.1) is 6.92 Å². The van der Waals surface area contributed by atoms with Gasteiger partial charge in [0, 0.05) is 29.7 Å². The molecule has 0 aliphatic heterocycles. The van der Waals surface area contributed by atoms with Gasteiger partial charge in [-0.1, -0.05) is 18.9 Å². The van der Waals surface area contributed by atoms with Crippen molar-refractivity contribution in [2.75, 3.05) is 12.4 Å². The summed E-state index contributed by atoms with van der Waals surface area (Å²) in [5.74, 6) is 1.55. The molecule has 5 rings (SSSR count). The standard InChI is InChI=1S/C25H29FN6O/c1-17-15-31(16-27-17)22-12-11-20(14-23(22)33-2)28-25-29-24-21(8-5-13-32(24)30-25)18-6-3-4-7-19(26)10-9-18/h5,8,11-16,18-19H,3-4,6-7,9-10H2,1-2H3,(H,28,30). The number of hydrogen-bond acceptors (Lipinski definition) is 5. The lowest BCUT2D eigenvalue weighted by Crippen LogP contribution is -2.10. The van der Waals surface area contributed by atoms with E-state index in [0.717, 1.165) is 59.7 Å². The zero-order valence-electron chi connectivity index (χ0n) is 19.0. The Hall–Kier alpha value is -3.42. The summed E-state index contributed by atoms with van der Waals surface area (Å²) in [5.41, 5.74) is 4.66. The first-order valence-electron chi connectivity index (χ1n) is 11.6. The van der Waals surface area contributed by atoms with Gasteiger partial charge < -0.3 is 14.6 Å². The average Bonchev–Trinajstić information content (AvgIpc) is 3.42. The molecule has 0 amide bonds. The minimum absolute atomic E-state index is 0.308. The number of anilines is 2. The third kappa shape index (κ3) is 4.55. The predicted octanol–water partition coefficient (Wildman–Crippen LogP) is 5.75. The van der Waals surface area contributed by atoms with Gasteiger partial charge in [0.25, 0.3) is 0 Å². The molecular formula is C25H29FN6O. The van der Waals surface area contributed by atoms with E-state index in [1.54, 1.807) is 13.4 Å². The van der Waals surface area contributed by atoms with Crippen LogP contribution in [0.5, 0.6) is 5.75 Å². The maximum absolute atomic E-state index is 14.0. The van der Waals surface area contributed by atoms with Crippen LogP contribution in [0.25, 0.3) is 11.3 Å². The van der Waals surface area contributed by atoms with Crippen molar-refractivity contribution >= 4 is 17.3 Å². The minimum atomic E-state index is -0.688. The van der Waals surface area contributed by atoms with Crippen LogP contribution in [0.15, 0.2) is 49.1 Å². The number of aromatic nitrogens is 5. The number of imidazole rings is 1. The van der Waals surface area contributed by atoms with E-state index >= 15 is 0 Å². The van der Waals surface area contributed by atoms with Crippen LogP contribution in [0.2, 0.25) is 0 Å². The van der Waals surface area contributed by atoms with Gasteiger partial charge in [0.2, 0.25) is 5.95 Å². The SMILES string of the molecule is COc1cc(Nc2nc3c(C4CCCCC(F)CC4)cccn3n2)ccc1-n1cnc(C)c1. The third-order valence-corrected chi connectivity index (χ3v) is 6.41. The molecule has 8 heteroatoms. The summed E-state index contributed by atoms with van der Waals surface area (Å²) in [6.07, 6.45) is 10.2. The average molecular weight is 449 g/mol. The fraction of sp³-hybridized carbons (Fsp3) is 0.400. The summed E-state index contributed by atoms with van der Waals surface area (Å²) >= 11 is 0. The molecule has 0 saturated heterocycles. The number of pyridine rings is 1. The predicted molar refractivity (Wildman–Crippen MR) is 126 cm³/mol. The van der Waals surface area contributed by atoms with E-state index in [-0.39, 0.29) is 0 Å². The normalized spacial score (nSPS) is 19.2. The van der Waals surface area contributed by atoms with E-state index in [1.807, 2.05) is 52.7 Å². The third-order valence-electron chi connectivity index (χ3n) is 6.41. The molecule has 1 aliphatic carbocycles. The van der Waals surface area contributed by atoms with Crippen LogP contribution >= 0.6 is 0 Å². The molecule has 1 fully saturated rings. The Morgan fingerprint density at radius 1 is 1.12 bits per heavy atom. The molecular weight excluding hydrogens is 419 g/mol. The summed E-state index contributed by atoms with van der Waals surface area (Å²) < 4.78 is 23.4. The Balaban J connectivity index is 1.41. The summed E-state index contributed by atoms with van der Waals surface area (Å²) in [4.78, 5) is 9.08. The van der Waals surface area contributed by atoms with E-state index in [9.17, 15) is 4.39 Å².